The Morgan fingerprint density at radius 2 is 2.27 bits per heavy atom. The maximum atomic E-state index is 13.1. The summed E-state index contributed by atoms with van der Waals surface area (Å²) in [6.45, 7) is 0. The average molecular weight is 306 g/mol. The van der Waals surface area contributed by atoms with Crippen molar-refractivity contribution in [2.45, 2.75) is 9.24 Å². The Morgan fingerprint density at radius 1 is 1.47 bits per heavy atom. The first-order valence-corrected chi connectivity index (χ1v) is 6.24. The van der Waals surface area contributed by atoms with Crippen molar-refractivity contribution >= 4 is 44.9 Å². The van der Waals surface area contributed by atoms with Crippen LogP contribution in [-0.4, -0.2) is 9.36 Å². The molecule has 0 fully saturated rings. The zero-order valence-corrected chi connectivity index (χ0v) is 10.5. The van der Waals surface area contributed by atoms with Gasteiger partial charge in [-0.05, 0) is 39.6 Å². The van der Waals surface area contributed by atoms with Gasteiger partial charge in [0.1, 0.15) is 12.1 Å². The highest BCUT2D eigenvalue weighted by molar-refractivity contribution is 9.10. The molecule has 0 radical (unpaired) electrons. The van der Waals surface area contributed by atoms with E-state index in [-0.39, 0.29) is 5.82 Å². The Bertz CT molecular complexity index is 475. The fourth-order valence-corrected chi connectivity index (χ4v) is 2.90. The Hall–Kier alpha value is -0.660. The number of nitrogens with two attached hydrogens (primary N) is 1. The number of rotatable bonds is 2. The first-order valence-electron chi connectivity index (χ1n) is 3.86. The van der Waals surface area contributed by atoms with Crippen molar-refractivity contribution in [3.05, 3.63) is 28.7 Å². The quantitative estimate of drug-likeness (QED) is 0.866. The van der Waals surface area contributed by atoms with Gasteiger partial charge in [0.15, 0.2) is 4.34 Å². The van der Waals surface area contributed by atoms with E-state index >= 15 is 0 Å². The largest absolute Gasteiger partial charge is 0.398 e. The van der Waals surface area contributed by atoms with Crippen LogP contribution in [0, 0.1) is 5.82 Å². The predicted molar refractivity (Wildman–Crippen MR) is 62.5 cm³/mol. The van der Waals surface area contributed by atoms with Crippen molar-refractivity contribution in [1.82, 2.24) is 9.36 Å². The van der Waals surface area contributed by atoms with Crippen LogP contribution in [0.4, 0.5) is 10.1 Å². The van der Waals surface area contributed by atoms with Gasteiger partial charge in [0.2, 0.25) is 0 Å². The molecule has 1 aromatic heterocycles. The lowest BCUT2D eigenvalue weighted by Gasteiger charge is -2.04. The molecule has 1 heterocycles. The standard InChI is InChI=1S/C8H5BrFN3S2/c9-4-1-7(6(11)2-5(4)10)14-8-12-3-13-15-8/h1-3H,11H2. The number of aromatic nitrogens is 2. The molecule has 0 bridgehead atoms. The van der Waals surface area contributed by atoms with Crippen molar-refractivity contribution in [2.24, 2.45) is 0 Å². The SMILES string of the molecule is Nc1cc(F)c(Br)cc1Sc1ncns1. The average Bonchev–Trinajstić information content (AvgIpc) is 2.67. The molecular weight excluding hydrogens is 301 g/mol. The highest BCUT2D eigenvalue weighted by atomic mass is 79.9. The molecule has 2 N–H and O–H groups in total. The van der Waals surface area contributed by atoms with Crippen LogP contribution < -0.4 is 5.73 Å². The zero-order valence-electron chi connectivity index (χ0n) is 7.28. The van der Waals surface area contributed by atoms with Gasteiger partial charge < -0.3 is 5.73 Å². The van der Waals surface area contributed by atoms with E-state index in [1.165, 1.54) is 35.7 Å². The van der Waals surface area contributed by atoms with Crippen molar-refractivity contribution in [3.63, 3.8) is 0 Å². The summed E-state index contributed by atoms with van der Waals surface area (Å²) in [5, 5.41) is 0. The Labute approximate surface area is 102 Å². The highest BCUT2D eigenvalue weighted by Crippen LogP contribution is 2.35. The van der Waals surface area contributed by atoms with E-state index in [1.807, 2.05) is 0 Å². The van der Waals surface area contributed by atoms with E-state index in [4.69, 9.17) is 5.73 Å². The Morgan fingerprint density at radius 3 is 2.93 bits per heavy atom. The third kappa shape index (κ3) is 2.47. The van der Waals surface area contributed by atoms with Crippen molar-refractivity contribution < 1.29 is 4.39 Å². The van der Waals surface area contributed by atoms with Gasteiger partial charge in [0, 0.05) is 10.6 Å². The second kappa shape index (κ2) is 4.46. The number of hydrogen-bond donors (Lipinski definition) is 1. The molecule has 0 saturated heterocycles. The molecule has 0 unspecified atom stereocenters. The number of hydrogen-bond acceptors (Lipinski definition) is 5. The molecule has 0 aliphatic rings. The molecule has 7 heteroatoms. The summed E-state index contributed by atoms with van der Waals surface area (Å²) >= 11 is 5.75. The third-order valence-corrected chi connectivity index (χ3v) is 3.99. The van der Waals surface area contributed by atoms with Crippen LogP contribution in [-0.2, 0) is 0 Å². The van der Waals surface area contributed by atoms with E-state index in [1.54, 1.807) is 6.07 Å². The Kier molecular flexibility index (Phi) is 3.22. The van der Waals surface area contributed by atoms with Crippen LogP contribution >= 0.6 is 39.2 Å². The summed E-state index contributed by atoms with van der Waals surface area (Å²) in [6.07, 6.45) is 1.47. The lowest BCUT2D eigenvalue weighted by Crippen LogP contribution is -1.90. The van der Waals surface area contributed by atoms with Gasteiger partial charge in [-0.2, -0.15) is 4.37 Å². The maximum Gasteiger partial charge on any atom is 0.174 e. The fourth-order valence-electron chi connectivity index (χ4n) is 0.934. The van der Waals surface area contributed by atoms with Gasteiger partial charge in [0.25, 0.3) is 0 Å². The zero-order chi connectivity index (χ0) is 10.8. The van der Waals surface area contributed by atoms with Crippen LogP contribution in [0.1, 0.15) is 0 Å². The lowest BCUT2D eigenvalue weighted by molar-refractivity contribution is 0.620. The molecule has 0 aliphatic carbocycles. The molecular formula is C8H5BrFN3S2. The van der Waals surface area contributed by atoms with Gasteiger partial charge >= 0.3 is 0 Å². The number of benzene rings is 1. The number of halogens is 2. The van der Waals surface area contributed by atoms with Gasteiger partial charge in [-0.1, -0.05) is 11.8 Å². The van der Waals surface area contributed by atoms with Crippen molar-refractivity contribution in [3.8, 4) is 0 Å². The topological polar surface area (TPSA) is 51.8 Å². The minimum absolute atomic E-state index is 0.367. The molecule has 0 aliphatic heterocycles. The minimum Gasteiger partial charge on any atom is -0.398 e. The van der Waals surface area contributed by atoms with Crippen LogP contribution in [0.3, 0.4) is 0 Å². The van der Waals surface area contributed by atoms with Gasteiger partial charge in [-0.25, -0.2) is 9.37 Å². The summed E-state index contributed by atoms with van der Waals surface area (Å²) in [5.74, 6) is -0.367. The molecule has 15 heavy (non-hydrogen) atoms. The molecule has 0 amide bonds. The monoisotopic (exact) mass is 305 g/mol. The second-order valence-corrected chi connectivity index (χ2v) is 5.54. The smallest absolute Gasteiger partial charge is 0.174 e. The molecule has 0 atom stereocenters. The number of nitrogens with zero attached hydrogens (tertiary/aromatic N) is 2. The summed E-state index contributed by atoms with van der Waals surface area (Å²) in [6, 6.07) is 2.92. The molecule has 1 aromatic carbocycles. The highest BCUT2D eigenvalue weighted by Gasteiger charge is 2.08. The number of nitrogen functional groups attached to an aromatic ring is 1. The summed E-state index contributed by atoms with van der Waals surface area (Å²) in [7, 11) is 0. The van der Waals surface area contributed by atoms with E-state index < -0.39 is 0 Å². The van der Waals surface area contributed by atoms with Crippen LogP contribution in [0.25, 0.3) is 0 Å². The van der Waals surface area contributed by atoms with Gasteiger partial charge in [-0.3, -0.25) is 0 Å². The van der Waals surface area contributed by atoms with Crippen molar-refractivity contribution in [1.29, 1.82) is 0 Å². The molecule has 3 nitrogen and oxygen atoms in total. The van der Waals surface area contributed by atoms with E-state index in [0.717, 1.165) is 9.24 Å². The summed E-state index contributed by atoms with van der Waals surface area (Å²) < 4.78 is 18.1. The molecule has 0 saturated carbocycles. The van der Waals surface area contributed by atoms with Gasteiger partial charge in [-0.15, -0.1) is 0 Å². The van der Waals surface area contributed by atoms with E-state index in [9.17, 15) is 4.39 Å². The van der Waals surface area contributed by atoms with E-state index in [0.29, 0.717) is 10.2 Å². The maximum absolute atomic E-state index is 13.1. The predicted octanol–water partition coefficient (Wildman–Crippen LogP) is 3.17. The summed E-state index contributed by atoms with van der Waals surface area (Å²) in [5.41, 5.74) is 6.08. The van der Waals surface area contributed by atoms with Crippen molar-refractivity contribution in [2.75, 3.05) is 5.73 Å². The molecule has 0 spiro atoms. The first kappa shape index (κ1) is 10.8. The van der Waals surface area contributed by atoms with Gasteiger partial charge in [0.05, 0.1) is 4.47 Å². The lowest BCUT2D eigenvalue weighted by atomic mass is 10.3. The Balaban J connectivity index is 2.33. The fraction of sp³-hybridized carbons (Fsp3) is 0. The normalized spacial score (nSPS) is 10.5. The van der Waals surface area contributed by atoms with Crippen LogP contribution in [0.15, 0.2) is 32.2 Å². The second-order valence-electron chi connectivity index (χ2n) is 2.61. The third-order valence-electron chi connectivity index (χ3n) is 1.59. The molecule has 78 valence electrons. The number of anilines is 1. The molecule has 2 aromatic rings. The summed E-state index contributed by atoms with van der Waals surface area (Å²) in [4.78, 5) is 4.77. The first-order chi connectivity index (χ1) is 7.16. The minimum atomic E-state index is -0.367. The van der Waals surface area contributed by atoms with Crippen LogP contribution in [0.2, 0.25) is 0 Å². The molecule has 2 rings (SSSR count). The van der Waals surface area contributed by atoms with E-state index in [2.05, 4.69) is 25.3 Å². The van der Waals surface area contributed by atoms with Crippen LogP contribution in [0.5, 0.6) is 0 Å².